The topological polar surface area (TPSA) is 61.8 Å². The van der Waals surface area contributed by atoms with Crippen molar-refractivity contribution in [3.8, 4) is 17.2 Å². The van der Waals surface area contributed by atoms with Gasteiger partial charge in [-0.3, -0.25) is 4.79 Å². The number of hydrogen-bond acceptors (Lipinski definition) is 5. The van der Waals surface area contributed by atoms with E-state index in [1.807, 2.05) is 13.9 Å². The quantitative estimate of drug-likeness (QED) is 0.462. The second-order valence-electron chi connectivity index (χ2n) is 4.82. The maximum atomic E-state index is 11.8. The van der Waals surface area contributed by atoms with E-state index in [1.165, 1.54) is 7.11 Å². The highest BCUT2D eigenvalue weighted by molar-refractivity contribution is 6.35. The first kappa shape index (κ1) is 16.6. The fraction of sp³-hybridized carbons (Fsp3) is 0.176. The van der Waals surface area contributed by atoms with Crippen LogP contribution in [0.1, 0.15) is 27.6 Å². The summed E-state index contributed by atoms with van der Waals surface area (Å²) in [7, 11) is 3.32. The van der Waals surface area contributed by atoms with Crippen LogP contribution in [0, 0.1) is 0 Å². The van der Waals surface area contributed by atoms with Gasteiger partial charge in [0.2, 0.25) is 0 Å². The Hall–Kier alpha value is -2.76. The minimum atomic E-state index is -0.450. The predicted molar refractivity (Wildman–Crippen MR) is 89.0 cm³/mol. The molecule has 118 valence electrons. The van der Waals surface area contributed by atoms with E-state index in [4.69, 9.17) is 14.2 Å². The molecule has 0 aliphatic carbocycles. The first-order valence-electron chi connectivity index (χ1n) is 7.18. The molecule has 6 heteroatoms. The highest BCUT2D eigenvalue weighted by Crippen LogP contribution is 2.29. The molecule has 0 amide bonds. The van der Waals surface area contributed by atoms with Crippen molar-refractivity contribution in [1.29, 1.82) is 0 Å². The van der Waals surface area contributed by atoms with Crippen LogP contribution in [-0.4, -0.2) is 33.8 Å². The van der Waals surface area contributed by atoms with Gasteiger partial charge in [0.15, 0.2) is 0 Å². The van der Waals surface area contributed by atoms with Crippen LogP contribution in [0.25, 0.3) is 0 Å². The van der Waals surface area contributed by atoms with Crippen LogP contribution in [0.2, 0.25) is 0 Å². The average Bonchev–Trinajstić information content (AvgIpc) is 2.56. The molecular weight excluding hydrogens is 295 g/mol. The van der Waals surface area contributed by atoms with Crippen molar-refractivity contribution in [3.05, 3.63) is 47.5 Å². The highest BCUT2D eigenvalue weighted by Gasteiger charge is 2.14. The Kier molecular flexibility index (Phi) is 5.41. The minimum Gasteiger partial charge on any atom is -0.496 e. The second kappa shape index (κ2) is 7.49. The van der Waals surface area contributed by atoms with Crippen molar-refractivity contribution in [1.82, 2.24) is 0 Å². The summed E-state index contributed by atoms with van der Waals surface area (Å²) in [6.45, 7) is 2.03. The van der Waals surface area contributed by atoms with Crippen molar-refractivity contribution < 1.29 is 23.8 Å². The van der Waals surface area contributed by atoms with Crippen LogP contribution in [0.5, 0.6) is 17.2 Å². The van der Waals surface area contributed by atoms with Crippen molar-refractivity contribution in [2.24, 2.45) is 0 Å². The van der Waals surface area contributed by atoms with Gasteiger partial charge in [0.05, 0.1) is 13.7 Å². The molecule has 0 fully saturated rings. The Bertz CT molecular complexity index is 727. The van der Waals surface area contributed by atoms with E-state index in [0.29, 0.717) is 28.4 Å². The predicted octanol–water partition coefficient (Wildman–Crippen LogP) is 1.74. The fourth-order valence-corrected chi connectivity index (χ4v) is 2.06. The van der Waals surface area contributed by atoms with E-state index >= 15 is 0 Å². The maximum Gasteiger partial charge on any atom is 0.341 e. The zero-order chi connectivity index (χ0) is 16.8. The minimum absolute atomic E-state index is 0.290. The van der Waals surface area contributed by atoms with Crippen LogP contribution in [0.15, 0.2) is 36.4 Å². The molecule has 0 atom stereocenters. The zero-order valence-corrected chi connectivity index (χ0v) is 13.3. The van der Waals surface area contributed by atoms with E-state index in [1.54, 1.807) is 37.3 Å². The highest BCUT2D eigenvalue weighted by atomic mass is 16.5. The van der Waals surface area contributed by atoms with Crippen molar-refractivity contribution in [2.75, 3.05) is 13.7 Å². The van der Waals surface area contributed by atoms with Crippen LogP contribution < -0.4 is 14.9 Å². The molecule has 0 heterocycles. The standard InChI is InChI=1S/C17H17BO5/c1-3-22-17(20)14-6-4-13(9-16(14)21-2)23-12-5-7-15(18)11(8-12)10-19/h4-10H,3,18H2,1-2H3. The molecule has 2 rings (SSSR count). The molecule has 5 nitrogen and oxygen atoms in total. The first-order valence-corrected chi connectivity index (χ1v) is 7.18. The lowest BCUT2D eigenvalue weighted by atomic mass is 9.91. The molecule has 0 N–H and O–H groups in total. The Balaban J connectivity index is 2.27. The fourth-order valence-electron chi connectivity index (χ4n) is 2.06. The van der Waals surface area contributed by atoms with Gasteiger partial charge in [-0.15, -0.1) is 0 Å². The lowest BCUT2D eigenvalue weighted by Crippen LogP contribution is -2.09. The van der Waals surface area contributed by atoms with Gasteiger partial charge in [-0.2, -0.15) is 0 Å². The second-order valence-corrected chi connectivity index (χ2v) is 4.82. The van der Waals surface area contributed by atoms with Crippen LogP contribution in [0.3, 0.4) is 0 Å². The summed E-state index contributed by atoms with van der Waals surface area (Å²) >= 11 is 0. The molecule has 23 heavy (non-hydrogen) atoms. The van der Waals surface area contributed by atoms with Crippen molar-refractivity contribution >= 4 is 25.6 Å². The average molecular weight is 312 g/mol. The normalized spacial score (nSPS) is 10.0. The summed E-state index contributed by atoms with van der Waals surface area (Å²) in [6, 6.07) is 10.1. The molecule has 0 saturated carbocycles. The molecule has 0 spiro atoms. The number of aldehydes is 1. The molecule has 0 radical (unpaired) electrons. The van der Waals surface area contributed by atoms with Crippen LogP contribution in [0.4, 0.5) is 0 Å². The third-order valence-corrected chi connectivity index (χ3v) is 3.28. The van der Waals surface area contributed by atoms with Gasteiger partial charge in [0.1, 0.15) is 36.9 Å². The van der Waals surface area contributed by atoms with Gasteiger partial charge in [0.25, 0.3) is 0 Å². The molecular formula is C17H17BO5. The zero-order valence-electron chi connectivity index (χ0n) is 13.3. The molecule has 0 aromatic heterocycles. The Morgan fingerprint density at radius 1 is 1.17 bits per heavy atom. The SMILES string of the molecule is Bc1ccc(Oc2ccc(C(=O)OCC)c(OC)c2)cc1C=O. The Labute approximate surface area is 135 Å². The molecule has 0 unspecified atom stereocenters. The lowest BCUT2D eigenvalue weighted by molar-refractivity contribution is 0.0522. The molecule has 0 saturated heterocycles. The number of methoxy groups -OCH3 is 1. The number of esters is 1. The van der Waals surface area contributed by atoms with Gasteiger partial charge >= 0.3 is 5.97 Å². The number of ether oxygens (including phenoxy) is 3. The summed E-state index contributed by atoms with van der Waals surface area (Å²) in [6.07, 6.45) is 0.784. The summed E-state index contributed by atoms with van der Waals surface area (Å²) in [5, 5.41) is 0. The Morgan fingerprint density at radius 2 is 1.87 bits per heavy atom. The van der Waals surface area contributed by atoms with E-state index in [2.05, 4.69) is 0 Å². The van der Waals surface area contributed by atoms with E-state index in [0.717, 1.165) is 11.7 Å². The monoisotopic (exact) mass is 312 g/mol. The molecule has 0 bridgehead atoms. The van der Waals surface area contributed by atoms with Gasteiger partial charge in [-0.25, -0.2) is 4.79 Å². The van der Waals surface area contributed by atoms with E-state index < -0.39 is 5.97 Å². The maximum absolute atomic E-state index is 11.8. The van der Waals surface area contributed by atoms with Gasteiger partial charge < -0.3 is 14.2 Å². The summed E-state index contributed by atoms with van der Waals surface area (Å²) in [5.74, 6) is 0.942. The lowest BCUT2D eigenvalue weighted by Gasteiger charge is -2.11. The number of carbonyl (C=O) groups excluding carboxylic acids is 2. The van der Waals surface area contributed by atoms with Crippen LogP contribution >= 0.6 is 0 Å². The summed E-state index contributed by atoms with van der Waals surface area (Å²) < 4.78 is 15.9. The van der Waals surface area contributed by atoms with Crippen molar-refractivity contribution in [3.63, 3.8) is 0 Å². The molecule has 0 aliphatic rings. The number of hydrogen-bond donors (Lipinski definition) is 0. The number of carbonyl (C=O) groups is 2. The summed E-state index contributed by atoms with van der Waals surface area (Å²) in [4.78, 5) is 22.8. The largest absolute Gasteiger partial charge is 0.496 e. The Morgan fingerprint density at radius 3 is 2.52 bits per heavy atom. The van der Waals surface area contributed by atoms with Gasteiger partial charge in [0, 0.05) is 11.6 Å². The summed E-state index contributed by atoms with van der Waals surface area (Å²) in [5.41, 5.74) is 1.78. The van der Waals surface area contributed by atoms with Crippen molar-refractivity contribution in [2.45, 2.75) is 6.92 Å². The third-order valence-electron chi connectivity index (χ3n) is 3.28. The van der Waals surface area contributed by atoms with Crippen LogP contribution in [-0.2, 0) is 4.74 Å². The van der Waals surface area contributed by atoms with Gasteiger partial charge in [-0.05, 0) is 31.2 Å². The molecule has 0 aliphatic heterocycles. The first-order chi connectivity index (χ1) is 11.1. The number of rotatable bonds is 6. The van der Waals surface area contributed by atoms with E-state index in [9.17, 15) is 9.59 Å². The number of benzene rings is 2. The molecule has 2 aromatic carbocycles. The van der Waals surface area contributed by atoms with Gasteiger partial charge in [-0.1, -0.05) is 11.5 Å². The smallest absolute Gasteiger partial charge is 0.341 e. The molecule has 2 aromatic rings. The third kappa shape index (κ3) is 3.91. The van der Waals surface area contributed by atoms with E-state index in [-0.39, 0.29) is 6.61 Å².